The molecule has 2 aromatic rings. The van der Waals surface area contributed by atoms with E-state index in [-0.39, 0.29) is 12.8 Å². The van der Waals surface area contributed by atoms with Crippen molar-refractivity contribution >= 4 is 34.6 Å². The molecule has 0 saturated heterocycles. The molecule has 0 aliphatic rings. The van der Waals surface area contributed by atoms with Crippen LogP contribution in [0.1, 0.15) is 51.0 Å². The third kappa shape index (κ3) is 9.90. The van der Waals surface area contributed by atoms with E-state index in [1.54, 1.807) is 6.20 Å². The van der Waals surface area contributed by atoms with Gasteiger partial charge in [-0.25, -0.2) is 4.79 Å². The normalized spacial score (nSPS) is 15.0. The molecule has 0 radical (unpaired) electrons. The van der Waals surface area contributed by atoms with Crippen molar-refractivity contribution in [2.75, 3.05) is 13.1 Å². The molecular formula is C27H43N7O6. The number of aliphatic hydroxyl groups is 1. The summed E-state index contributed by atoms with van der Waals surface area (Å²) in [5.74, 6) is -3.38. The smallest absolute Gasteiger partial charge is 0.326 e. The highest BCUT2D eigenvalue weighted by Gasteiger charge is 2.33. The van der Waals surface area contributed by atoms with Crippen molar-refractivity contribution in [3.05, 3.63) is 36.0 Å². The molecule has 1 aromatic heterocycles. The number of carbonyl (C=O) groups is 4. The van der Waals surface area contributed by atoms with E-state index in [4.69, 9.17) is 17.2 Å². The number of benzene rings is 1. The number of unbranched alkanes of at least 4 members (excludes halogenated alkanes) is 2. The van der Waals surface area contributed by atoms with Gasteiger partial charge in [0.2, 0.25) is 17.7 Å². The van der Waals surface area contributed by atoms with Crippen LogP contribution in [0, 0.1) is 0 Å². The number of amides is 3. The van der Waals surface area contributed by atoms with E-state index in [1.807, 2.05) is 24.3 Å². The summed E-state index contributed by atoms with van der Waals surface area (Å²) in [5, 5.41) is 28.2. The van der Waals surface area contributed by atoms with Crippen LogP contribution in [0.25, 0.3) is 10.9 Å². The number of nitrogens with two attached hydrogens (primary N) is 3. The molecule has 5 atom stereocenters. The summed E-state index contributed by atoms with van der Waals surface area (Å²) in [6.45, 7) is 2.15. The first-order valence-corrected chi connectivity index (χ1v) is 13.6. The summed E-state index contributed by atoms with van der Waals surface area (Å²) < 4.78 is 0. The zero-order chi connectivity index (χ0) is 29.7. The van der Waals surface area contributed by atoms with Gasteiger partial charge in [0.25, 0.3) is 0 Å². The fourth-order valence-corrected chi connectivity index (χ4v) is 4.32. The second kappa shape index (κ2) is 16.6. The Kier molecular flexibility index (Phi) is 13.5. The molecule has 40 heavy (non-hydrogen) atoms. The number of aliphatic carboxylic acids is 1. The number of aromatic nitrogens is 1. The number of aromatic amines is 1. The maximum atomic E-state index is 13.5. The van der Waals surface area contributed by atoms with E-state index < -0.39 is 54.0 Å². The molecule has 222 valence electrons. The van der Waals surface area contributed by atoms with Crippen LogP contribution in [0.15, 0.2) is 30.5 Å². The van der Waals surface area contributed by atoms with E-state index >= 15 is 0 Å². The van der Waals surface area contributed by atoms with E-state index in [2.05, 4.69) is 20.9 Å². The lowest BCUT2D eigenvalue weighted by Crippen LogP contribution is -2.60. The van der Waals surface area contributed by atoms with Crippen molar-refractivity contribution in [1.29, 1.82) is 0 Å². The molecule has 0 bridgehead atoms. The van der Waals surface area contributed by atoms with E-state index in [9.17, 15) is 29.4 Å². The first-order valence-electron chi connectivity index (χ1n) is 13.6. The predicted molar refractivity (Wildman–Crippen MR) is 151 cm³/mol. The van der Waals surface area contributed by atoms with Gasteiger partial charge < -0.3 is 48.3 Å². The topological polar surface area (TPSA) is 239 Å². The van der Waals surface area contributed by atoms with Crippen LogP contribution < -0.4 is 33.2 Å². The first kappa shape index (κ1) is 32.7. The summed E-state index contributed by atoms with van der Waals surface area (Å²) in [7, 11) is 0. The Morgan fingerprint density at radius 1 is 0.875 bits per heavy atom. The van der Waals surface area contributed by atoms with E-state index in [1.165, 1.54) is 6.92 Å². The Morgan fingerprint density at radius 2 is 1.50 bits per heavy atom. The van der Waals surface area contributed by atoms with Gasteiger partial charge in [0.05, 0.1) is 12.1 Å². The highest BCUT2D eigenvalue weighted by atomic mass is 16.4. The number of aliphatic hydroxyl groups excluding tert-OH is 1. The summed E-state index contributed by atoms with van der Waals surface area (Å²) in [6, 6.07) is 2.77. The van der Waals surface area contributed by atoms with Crippen LogP contribution in [0.2, 0.25) is 0 Å². The largest absolute Gasteiger partial charge is 0.480 e. The Bertz CT molecular complexity index is 1120. The predicted octanol–water partition coefficient (Wildman–Crippen LogP) is -0.784. The first-order chi connectivity index (χ1) is 19.1. The Labute approximate surface area is 233 Å². The molecular weight excluding hydrogens is 518 g/mol. The van der Waals surface area contributed by atoms with Crippen molar-refractivity contribution in [2.24, 2.45) is 17.2 Å². The number of carboxylic acids is 1. The zero-order valence-electron chi connectivity index (χ0n) is 22.9. The van der Waals surface area contributed by atoms with Gasteiger partial charge >= 0.3 is 5.97 Å². The Morgan fingerprint density at radius 3 is 2.12 bits per heavy atom. The molecule has 0 fully saturated rings. The average Bonchev–Trinajstić information content (AvgIpc) is 3.33. The maximum absolute atomic E-state index is 13.5. The molecule has 12 N–H and O–H groups in total. The van der Waals surface area contributed by atoms with Crippen molar-refractivity contribution in [2.45, 2.75) is 82.1 Å². The number of hydrogen-bond donors (Lipinski definition) is 9. The van der Waals surface area contributed by atoms with Crippen LogP contribution in [-0.4, -0.2) is 82.2 Å². The van der Waals surface area contributed by atoms with Crippen molar-refractivity contribution in [1.82, 2.24) is 20.9 Å². The van der Waals surface area contributed by atoms with Gasteiger partial charge in [0.15, 0.2) is 0 Å². The standard InChI is InChI=1S/C27H43N7O6/c1-16(35)23(26(38)32-21(27(39)40)11-5-7-13-29)34-25(37)22(33-24(36)19(30)9-4-6-12-28)14-17-15-31-20-10-3-2-8-18(17)20/h2-3,8,10,15-16,19,21-23,31,35H,4-7,9,11-14,28-30H2,1H3,(H,32,38)(H,33,36)(H,34,37)(H,39,40). The summed E-state index contributed by atoms with van der Waals surface area (Å²) in [6.07, 6.45) is 3.37. The van der Waals surface area contributed by atoms with Crippen LogP contribution >= 0.6 is 0 Å². The minimum absolute atomic E-state index is 0.0715. The highest BCUT2D eigenvalue weighted by molar-refractivity contribution is 5.95. The minimum Gasteiger partial charge on any atom is -0.480 e. The van der Waals surface area contributed by atoms with Gasteiger partial charge in [-0.1, -0.05) is 24.6 Å². The number of para-hydroxylation sites is 1. The Balaban J connectivity index is 2.23. The highest BCUT2D eigenvalue weighted by Crippen LogP contribution is 2.19. The average molecular weight is 562 g/mol. The minimum atomic E-state index is -1.47. The number of hydrogen-bond acceptors (Lipinski definition) is 8. The SMILES string of the molecule is CC(O)C(NC(=O)C(Cc1c[nH]c2ccccc12)NC(=O)C(N)CCCCN)C(=O)NC(CCCCN)C(=O)O. The Hall–Kier alpha value is -3.52. The summed E-state index contributed by atoms with van der Waals surface area (Å²) >= 11 is 0. The number of nitrogens with one attached hydrogen (secondary N) is 4. The van der Waals surface area contributed by atoms with Crippen molar-refractivity contribution in [3.8, 4) is 0 Å². The van der Waals surface area contributed by atoms with Gasteiger partial charge in [-0.15, -0.1) is 0 Å². The molecule has 13 heteroatoms. The molecule has 1 heterocycles. The van der Waals surface area contributed by atoms with Gasteiger partial charge in [-0.2, -0.15) is 0 Å². The third-order valence-corrected chi connectivity index (χ3v) is 6.66. The van der Waals surface area contributed by atoms with Gasteiger partial charge in [0.1, 0.15) is 18.1 Å². The van der Waals surface area contributed by atoms with E-state index in [0.29, 0.717) is 45.2 Å². The lowest BCUT2D eigenvalue weighted by molar-refractivity contribution is -0.143. The molecule has 2 rings (SSSR count). The number of rotatable bonds is 18. The molecule has 1 aromatic carbocycles. The molecule has 0 aliphatic heterocycles. The molecule has 5 unspecified atom stereocenters. The molecule has 13 nitrogen and oxygen atoms in total. The number of carbonyl (C=O) groups excluding carboxylic acids is 3. The second-order valence-corrected chi connectivity index (χ2v) is 9.93. The van der Waals surface area contributed by atoms with Gasteiger partial charge in [-0.3, -0.25) is 14.4 Å². The monoisotopic (exact) mass is 561 g/mol. The van der Waals surface area contributed by atoms with Crippen LogP contribution in [-0.2, 0) is 25.6 Å². The number of carboxylic acid groups (broad SMARTS) is 1. The van der Waals surface area contributed by atoms with Crippen molar-refractivity contribution < 1.29 is 29.4 Å². The van der Waals surface area contributed by atoms with Gasteiger partial charge in [-0.05, 0) is 63.7 Å². The fourth-order valence-electron chi connectivity index (χ4n) is 4.32. The molecule has 0 saturated carbocycles. The summed E-state index contributed by atoms with van der Waals surface area (Å²) in [4.78, 5) is 54.1. The third-order valence-electron chi connectivity index (χ3n) is 6.66. The zero-order valence-corrected chi connectivity index (χ0v) is 22.9. The van der Waals surface area contributed by atoms with Crippen molar-refractivity contribution in [3.63, 3.8) is 0 Å². The lowest BCUT2D eigenvalue weighted by atomic mass is 10.0. The van der Waals surface area contributed by atoms with Gasteiger partial charge in [0, 0.05) is 23.5 Å². The van der Waals surface area contributed by atoms with Crippen LogP contribution in [0.4, 0.5) is 0 Å². The maximum Gasteiger partial charge on any atom is 0.326 e. The lowest BCUT2D eigenvalue weighted by Gasteiger charge is -2.26. The second-order valence-electron chi connectivity index (χ2n) is 9.93. The molecule has 3 amide bonds. The van der Waals surface area contributed by atoms with Crippen LogP contribution in [0.5, 0.6) is 0 Å². The quantitative estimate of drug-likeness (QED) is 0.104. The summed E-state index contributed by atoms with van der Waals surface area (Å²) in [5.41, 5.74) is 18.6. The fraction of sp³-hybridized carbons (Fsp3) is 0.556. The number of H-pyrrole nitrogens is 1. The van der Waals surface area contributed by atoms with E-state index in [0.717, 1.165) is 16.5 Å². The molecule has 0 aliphatic carbocycles. The number of fused-ring (bicyclic) bond motifs is 1. The van der Waals surface area contributed by atoms with Crippen LogP contribution in [0.3, 0.4) is 0 Å². The molecule has 0 spiro atoms.